The van der Waals surface area contributed by atoms with Gasteiger partial charge in [0.2, 0.25) is 23.6 Å². The van der Waals surface area contributed by atoms with E-state index in [2.05, 4.69) is 31.9 Å². The van der Waals surface area contributed by atoms with E-state index in [1.807, 2.05) is 38.1 Å². The van der Waals surface area contributed by atoms with Crippen LogP contribution in [0.25, 0.3) is 20.7 Å². The molecule has 5 aromatic rings. The minimum atomic E-state index is -1.35. The Balaban J connectivity index is 1.19. The average Bonchev–Trinajstić information content (AvgIpc) is 3.85. The van der Waals surface area contributed by atoms with E-state index < -0.39 is 46.8 Å². The van der Waals surface area contributed by atoms with Crippen LogP contribution in [0.2, 0.25) is 10.0 Å². The van der Waals surface area contributed by atoms with Gasteiger partial charge in [0.25, 0.3) is 0 Å². The van der Waals surface area contributed by atoms with E-state index in [1.54, 1.807) is 59.5 Å². The molecule has 2 aliphatic carbocycles. The normalized spacial score (nSPS) is 25.9. The number of rotatable bonds is 5. The Morgan fingerprint density at radius 2 is 1.64 bits per heavy atom. The molecule has 6 atom stereocenters. The molecule has 2 aromatic heterocycles. The number of fused-ring (bicyclic) bond motifs is 5. The van der Waals surface area contributed by atoms with Gasteiger partial charge in [-0.15, -0.1) is 11.3 Å². The maximum Gasteiger partial charge on any atom is 0.242 e. The number of anilines is 2. The van der Waals surface area contributed by atoms with Crippen molar-refractivity contribution in [1.29, 1.82) is 0 Å². The maximum absolute atomic E-state index is 15.3. The molecule has 6 unspecified atom stereocenters. The van der Waals surface area contributed by atoms with E-state index in [1.165, 1.54) is 16.9 Å². The van der Waals surface area contributed by atoms with Crippen molar-refractivity contribution in [2.45, 2.75) is 32.6 Å². The number of thiophene rings is 1. The SMILES string of the molecule is COc1cc(C2C3=CCC4C(=O)N(c5ccc(Cl)cc5)C(=O)C4C3CC3C(=O)N(c4cc(-c5sc6ccc(Cl)cc6c5C)nn4C)C(=O)C32C)c(Br)c(Br)c1O. The van der Waals surface area contributed by atoms with E-state index in [9.17, 15) is 14.7 Å². The van der Waals surface area contributed by atoms with Gasteiger partial charge < -0.3 is 9.84 Å². The van der Waals surface area contributed by atoms with Gasteiger partial charge in [0.1, 0.15) is 11.5 Å². The number of aromatic hydroxyl groups is 1. The predicted molar refractivity (Wildman–Crippen MR) is 222 cm³/mol. The van der Waals surface area contributed by atoms with Crippen molar-refractivity contribution in [3.63, 3.8) is 0 Å². The number of carbonyl (C=O) groups excluding carboxylic acids is 4. The van der Waals surface area contributed by atoms with Crippen LogP contribution in [0.1, 0.15) is 36.8 Å². The number of nitrogens with zero attached hydrogens (tertiary/aromatic N) is 4. The fourth-order valence-electron chi connectivity index (χ4n) is 9.62. The standard InChI is InChI=1S/C41H32Br2Cl2N4O6S/c1-17-23-13-19(45)7-12-29(23)56-36(17)27-16-30(47(3)46-27)49-38(52)26-14-24-21(10-11-22-31(24)39(53)48(37(22)51)20-8-5-18(44)6-9-20)32(41(26,2)40(49)54)25-15-28(55-4)35(50)34(43)33(25)42/h5-10,12-13,15-16,22,24,26,31-32,50H,11,14H2,1-4H3. The van der Waals surface area contributed by atoms with Gasteiger partial charge in [0, 0.05) is 38.2 Å². The number of hydrogen-bond donors (Lipinski definition) is 1. The van der Waals surface area contributed by atoms with Crippen molar-refractivity contribution in [3.05, 3.63) is 96.4 Å². The van der Waals surface area contributed by atoms with Gasteiger partial charge in [0.05, 0.1) is 45.3 Å². The van der Waals surface area contributed by atoms with Crippen molar-refractivity contribution in [2.24, 2.45) is 36.1 Å². The first-order chi connectivity index (χ1) is 26.7. The van der Waals surface area contributed by atoms with Crippen LogP contribution >= 0.6 is 66.4 Å². The van der Waals surface area contributed by atoms with Crippen LogP contribution in [0.5, 0.6) is 11.5 Å². The summed E-state index contributed by atoms with van der Waals surface area (Å²) in [7, 11) is 3.14. The van der Waals surface area contributed by atoms with Gasteiger partial charge in [0.15, 0.2) is 11.5 Å². The number of ether oxygens (including phenoxy) is 1. The minimum absolute atomic E-state index is 0.137. The second-order valence-electron chi connectivity index (χ2n) is 15.0. The van der Waals surface area contributed by atoms with Crippen LogP contribution < -0.4 is 14.5 Å². The third kappa shape index (κ3) is 5.19. The van der Waals surface area contributed by atoms with Crippen LogP contribution in [-0.4, -0.2) is 45.6 Å². The Morgan fingerprint density at radius 3 is 2.36 bits per heavy atom. The summed E-state index contributed by atoms with van der Waals surface area (Å²) in [6.45, 7) is 3.81. The van der Waals surface area contributed by atoms with E-state index in [4.69, 9.17) is 33.0 Å². The third-order valence-electron chi connectivity index (χ3n) is 12.3. The summed E-state index contributed by atoms with van der Waals surface area (Å²) in [6, 6.07) is 15.7. The fourth-order valence-corrected chi connectivity index (χ4v) is 12.0. The van der Waals surface area contributed by atoms with Crippen LogP contribution in [0.15, 0.2) is 75.2 Å². The van der Waals surface area contributed by atoms with E-state index in [0.717, 1.165) is 26.1 Å². The molecular formula is C41H32Br2Cl2N4O6S. The Kier molecular flexibility index (Phi) is 8.90. The summed E-state index contributed by atoms with van der Waals surface area (Å²) >= 11 is 21.2. The Bertz CT molecular complexity index is 2620. The molecule has 4 aliphatic rings. The van der Waals surface area contributed by atoms with Crippen molar-refractivity contribution < 1.29 is 29.0 Å². The Hall–Kier alpha value is -4.01. The van der Waals surface area contributed by atoms with Crippen molar-refractivity contribution in [2.75, 3.05) is 16.9 Å². The summed E-state index contributed by atoms with van der Waals surface area (Å²) in [4.78, 5) is 62.2. The minimum Gasteiger partial charge on any atom is -0.503 e. The monoisotopic (exact) mass is 936 g/mol. The predicted octanol–water partition coefficient (Wildman–Crippen LogP) is 9.59. The van der Waals surface area contributed by atoms with Crippen molar-refractivity contribution in [3.8, 4) is 22.1 Å². The first-order valence-electron chi connectivity index (χ1n) is 17.9. The Morgan fingerprint density at radius 1 is 0.929 bits per heavy atom. The molecular weight excluding hydrogens is 907 g/mol. The number of hydrogen-bond acceptors (Lipinski definition) is 8. The molecule has 4 heterocycles. The number of methoxy groups -OCH3 is 1. The molecule has 15 heteroatoms. The lowest BCUT2D eigenvalue weighted by atomic mass is 9.51. The molecule has 9 rings (SSSR count). The second kappa shape index (κ2) is 13.3. The molecule has 2 saturated heterocycles. The topological polar surface area (TPSA) is 122 Å². The summed E-state index contributed by atoms with van der Waals surface area (Å²) in [5.74, 6) is -4.76. The zero-order chi connectivity index (χ0) is 39.7. The van der Waals surface area contributed by atoms with Crippen LogP contribution in [-0.2, 0) is 26.2 Å². The number of benzene rings is 3. The lowest BCUT2D eigenvalue weighted by molar-refractivity contribution is -0.131. The first-order valence-corrected chi connectivity index (χ1v) is 21.0. The smallest absolute Gasteiger partial charge is 0.242 e. The summed E-state index contributed by atoms with van der Waals surface area (Å²) in [5, 5.41) is 17.9. The molecule has 1 saturated carbocycles. The quantitative estimate of drug-likeness (QED) is 0.138. The fraction of sp³-hybridized carbons (Fsp3) is 0.293. The number of amides is 4. The highest BCUT2D eigenvalue weighted by atomic mass is 79.9. The zero-order valence-corrected chi connectivity index (χ0v) is 35.8. The first kappa shape index (κ1) is 37.6. The zero-order valence-electron chi connectivity index (χ0n) is 30.3. The summed E-state index contributed by atoms with van der Waals surface area (Å²) in [6.07, 6.45) is 2.42. The molecule has 286 valence electrons. The van der Waals surface area contributed by atoms with Crippen LogP contribution in [0.4, 0.5) is 11.5 Å². The Labute approximate surface area is 352 Å². The highest BCUT2D eigenvalue weighted by Gasteiger charge is 2.68. The highest BCUT2D eigenvalue weighted by molar-refractivity contribution is 9.13. The lowest BCUT2D eigenvalue weighted by Crippen LogP contribution is -2.49. The molecule has 0 bridgehead atoms. The van der Waals surface area contributed by atoms with Gasteiger partial charge in [-0.3, -0.25) is 28.8 Å². The molecule has 3 fully saturated rings. The molecule has 0 radical (unpaired) electrons. The van der Waals surface area contributed by atoms with E-state index in [0.29, 0.717) is 41.8 Å². The molecule has 1 N–H and O–H groups in total. The number of carbonyl (C=O) groups is 4. The van der Waals surface area contributed by atoms with Crippen LogP contribution in [0.3, 0.4) is 0 Å². The molecule has 56 heavy (non-hydrogen) atoms. The maximum atomic E-state index is 15.3. The molecule has 3 aromatic carbocycles. The van der Waals surface area contributed by atoms with Crippen LogP contribution in [0, 0.1) is 36.0 Å². The molecule has 0 spiro atoms. The van der Waals surface area contributed by atoms with Gasteiger partial charge in [-0.25, -0.2) is 4.90 Å². The van der Waals surface area contributed by atoms with E-state index in [-0.39, 0.29) is 36.2 Å². The van der Waals surface area contributed by atoms with Gasteiger partial charge in [-0.2, -0.15) is 5.10 Å². The number of aryl methyl sites for hydroxylation is 2. The van der Waals surface area contributed by atoms with Gasteiger partial charge in [-0.05, 0) is 130 Å². The number of imide groups is 2. The largest absolute Gasteiger partial charge is 0.503 e. The van der Waals surface area contributed by atoms with Gasteiger partial charge >= 0.3 is 0 Å². The number of phenolic OH excluding ortho intramolecular Hbond substituents is 1. The summed E-state index contributed by atoms with van der Waals surface area (Å²) < 4.78 is 8.97. The number of aromatic nitrogens is 2. The molecule has 10 nitrogen and oxygen atoms in total. The highest BCUT2D eigenvalue weighted by Crippen LogP contribution is 2.65. The number of halogens is 4. The van der Waals surface area contributed by atoms with Crippen molar-refractivity contribution >= 4 is 112 Å². The van der Waals surface area contributed by atoms with Crippen molar-refractivity contribution in [1.82, 2.24) is 9.78 Å². The lowest BCUT2D eigenvalue weighted by Gasteiger charge is -2.49. The third-order valence-corrected chi connectivity index (χ3v) is 16.2. The molecule has 2 aliphatic heterocycles. The van der Waals surface area contributed by atoms with E-state index >= 15 is 9.59 Å². The average molecular weight is 940 g/mol. The molecule has 4 amide bonds. The second-order valence-corrected chi connectivity index (χ2v) is 18.5. The number of phenols is 1. The summed E-state index contributed by atoms with van der Waals surface area (Å²) in [5.41, 5.74) is 2.05. The number of allylic oxidation sites excluding steroid dienone is 2. The van der Waals surface area contributed by atoms with Gasteiger partial charge in [-0.1, -0.05) is 34.9 Å².